The summed E-state index contributed by atoms with van der Waals surface area (Å²) >= 11 is 0. The monoisotopic (exact) mass is 250 g/mol. The van der Waals surface area contributed by atoms with Crippen LogP contribution in [-0.2, 0) is 9.53 Å². The summed E-state index contributed by atoms with van der Waals surface area (Å²) in [6.07, 6.45) is 11.3. The number of carbonyl (C=O) groups excluding carboxylic acids is 1. The van der Waals surface area contributed by atoms with E-state index in [2.05, 4.69) is 37.7 Å². The predicted molar refractivity (Wildman–Crippen MR) is 77.4 cm³/mol. The van der Waals surface area contributed by atoms with Crippen molar-refractivity contribution in [1.82, 2.24) is 0 Å². The molecule has 0 spiro atoms. The topological polar surface area (TPSA) is 26.3 Å². The molecule has 0 rings (SSSR count). The Hall–Kier alpha value is -1.31. The maximum Gasteiger partial charge on any atom is 0.330 e. The van der Waals surface area contributed by atoms with Crippen LogP contribution in [0.5, 0.6) is 0 Å². The summed E-state index contributed by atoms with van der Waals surface area (Å²) in [4.78, 5) is 11.0. The van der Waals surface area contributed by atoms with E-state index in [-0.39, 0.29) is 5.97 Å². The number of allylic oxidation sites excluding steroid dienone is 5. The molecule has 0 aliphatic rings. The van der Waals surface area contributed by atoms with Gasteiger partial charge in [0.2, 0.25) is 0 Å². The van der Waals surface area contributed by atoms with E-state index in [0.29, 0.717) is 5.92 Å². The highest BCUT2D eigenvalue weighted by molar-refractivity contribution is 5.83. The van der Waals surface area contributed by atoms with Crippen molar-refractivity contribution in [2.45, 2.75) is 47.0 Å². The lowest BCUT2D eigenvalue weighted by Gasteiger charge is -2.06. The van der Waals surface area contributed by atoms with Crippen LogP contribution in [0, 0.1) is 5.92 Å². The Balaban J connectivity index is 3.97. The lowest BCUT2D eigenvalue weighted by Crippen LogP contribution is -1.95. The van der Waals surface area contributed by atoms with Crippen LogP contribution in [0.3, 0.4) is 0 Å². The van der Waals surface area contributed by atoms with E-state index in [0.717, 1.165) is 18.4 Å². The van der Waals surface area contributed by atoms with Gasteiger partial charge in [-0.25, -0.2) is 4.79 Å². The van der Waals surface area contributed by atoms with E-state index in [1.54, 1.807) is 0 Å². The largest absolute Gasteiger partial charge is 0.466 e. The molecule has 18 heavy (non-hydrogen) atoms. The van der Waals surface area contributed by atoms with Crippen molar-refractivity contribution in [1.29, 1.82) is 0 Å². The first kappa shape index (κ1) is 16.7. The van der Waals surface area contributed by atoms with Gasteiger partial charge in [0.1, 0.15) is 0 Å². The first-order valence-electron chi connectivity index (χ1n) is 6.51. The molecule has 0 aromatic heterocycles. The standard InChI is InChI=1S/C16H26O2/c1-13(2)8-6-9-14(3)10-7-11-15(4)12-16(17)18-5/h7-8,11-12,14H,6,9-10H2,1-5H3. The van der Waals surface area contributed by atoms with Gasteiger partial charge in [-0.2, -0.15) is 0 Å². The fourth-order valence-electron chi connectivity index (χ4n) is 1.55. The van der Waals surface area contributed by atoms with Gasteiger partial charge in [-0.1, -0.05) is 30.7 Å². The second kappa shape index (κ2) is 9.69. The zero-order valence-electron chi connectivity index (χ0n) is 12.3. The molecule has 2 heteroatoms. The van der Waals surface area contributed by atoms with Crippen molar-refractivity contribution >= 4 is 5.97 Å². The van der Waals surface area contributed by atoms with Gasteiger partial charge in [0.25, 0.3) is 0 Å². The molecule has 0 amide bonds. The van der Waals surface area contributed by atoms with Crippen molar-refractivity contribution in [3.63, 3.8) is 0 Å². The van der Waals surface area contributed by atoms with Gasteiger partial charge in [-0.3, -0.25) is 0 Å². The van der Waals surface area contributed by atoms with E-state index < -0.39 is 0 Å². The van der Waals surface area contributed by atoms with Crippen molar-refractivity contribution < 1.29 is 9.53 Å². The van der Waals surface area contributed by atoms with Gasteiger partial charge in [-0.15, -0.1) is 0 Å². The van der Waals surface area contributed by atoms with Crippen LogP contribution in [0.1, 0.15) is 47.0 Å². The summed E-state index contributed by atoms with van der Waals surface area (Å²) in [6, 6.07) is 0. The molecule has 0 radical (unpaired) electrons. The van der Waals surface area contributed by atoms with E-state index in [1.165, 1.54) is 25.2 Å². The van der Waals surface area contributed by atoms with Crippen LogP contribution in [0.15, 0.2) is 35.5 Å². The molecule has 0 aliphatic heterocycles. The molecular weight excluding hydrogens is 224 g/mol. The molecule has 0 N–H and O–H groups in total. The van der Waals surface area contributed by atoms with Gasteiger partial charge in [-0.05, 0) is 51.5 Å². The van der Waals surface area contributed by atoms with Crippen LogP contribution >= 0.6 is 0 Å². The van der Waals surface area contributed by atoms with Crippen molar-refractivity contribution in [3.05, 3.63) is 35.5 Å². The third-order valence-electron chi connectivity index (χ3n) is 2.68. The van der Waals surface area contributed by atoms with Crippen LogP contribution in [0.25, 0.3) is 0 Å². The number of esters is 1. The predicted octanol–water partition coefficient (Wildman–Crippen LogP) is 4.43. The normalized spacial score (nSPS) is 13.5. The van der Waals surface area contributed by atoms with Crippen LogP contribution in [0.4, 0.5) is 0 Å². The summed E-state index contributed by atoms with van der Waals surface area (Å²) in [5, 5.41) is 0. The maximum absolute atomic E-state index is 11.0. The molecule has 0 heterocycles. The van der Waals surface area contributed by atoms with Crippen molar-refractivity contribution in [2.24, 2.45) is 5.92 Å². The molecule has 0 saturated carbocycles. The van der Waals surface area contributed by atoms with Crippen LogP contribution < -0.4 is 0 Å². The third-order valence-corrected chi connectivity index (χ3v) is 2.68. The fraction of sp³-hybridized carbons (Fsp3) is 0.562. The number of methoxy groups -OCH3 is 1. The fourth-order valence-corrected chi connectivity index (χ4v) is 1.55. The molecule has 0 aliphatic carbocycles. The number of ether oxygens (including phenoxy) is 1. The minimum atomic E-state index is -0.297. The summed E-state index contributed by atoms with van der Waals surface area (Å²) in [7, 11) is 1.39. The second-order valence-corrected chi connectivity index (χ2v) is 5.01. The quantitative estimate of drug-likeness (QED) is 0.289. The number of carbonyl (C=O) groups is 1. The zero-order chi connectivity index (χ0) is 14.0. The van der Waals surface area contributed by atoms with E-state index in [1.807, 2.05) is 13.0 Å². The molecule has 0 aromatic carbocycles. The molecule has 102 valence electrons. The Labute approximate surface area is 111 Å². The van der Waals surface area contributed by atoms with Crippen molar-refractivity contribution in [3.8, 4) is 0 Å². The Bertz CT molecular complexity index is 331. The lowest BCUT2D eigenvalue weighted by molar-refractivity contribution is -0.134. The van der Waals surface area contributed by atoms with Gasteiger partial charge in [0, 0.05) is 6.08 Å². The van der Waals surface area contributed by atoms with Gasteiger partial charge >= 0.3 is 5.97 Å². The maximum atomic E-state index is 11.0. The Morgan fingerprint density at radius 2 is 1.94 bits per heavy atom. The third kappa shape index (κ3) is 9.88. The Morgan fingerprint density at radius 3 is 2.50 bits per heavy atom. The number of hydrogen-bond acceptors (Lipinski definition) is 2. The van der Waals surface area contributed by atoms with Gasteiger partial charge in [0.05, 0.1) is 7.11 Å². The van der Waals surface area contributed by atoms with Crippen molar-refractivity contribution in [2.75, 3.05) is 7.11 Å². The summed E-state index contributed by atoms with van der Waals surface area (Å²) in [6.45, 7) is 8.42. The number of hydrogen-bond donors (Lipinski definition) is 0. The Morgan fingerprint density at radius 1 is 1.28 bits per heavy atom. The second-order valence-electron chi connectivity index (χ2n) is 5.01. The van der Waals surface area contributed by atoms with E-state index in [9.17, 15) is 4.79 Å². The first-order chi connectivity index (χ1) is 8.45. The van der Waals surface area contributed by atoms with Crippen LogP contribution in [0.2, 0.25) is 0 Å². The molecule has 0 aromatic rings. The minimum absolute atomic E-state index is 0.297. The van der Waals surface area contributed by atoms with Gasteiger partial charge < -0.3 is 4.74 Å². The number of rotatable bonds is 7. The van der Waals surface area contributed by atoms with E-state index >= 15 is 0 Å². The highest BCUT2D eigenvalue weighted by Crippen LogP contribution is 2.13. The SMILES string of the molecule is COC(=O)C=C(C)C=CCC(C)CCC=C(C)C. The molecular formula is C16H26O2. The molecule has 0 bridgehead atoms. The van der Waals surface area contributed by atoms with E-state index in [4.69, 9.17) is 0 Å². The molecule has 1 atom stereocenters. The smallest absolute Gasteiger partial charge is 0.330 e. The molecule has 0 saturated heterocycles. The summed E-state index contributed by atoms with van der Waals surface area (Å²) in [5.41, 5.74) is 2.31. The molecule has 0 fully saturated rings. The average molecular weight is 250 g/mol. The Kier molecular flexibility index (Phi) is 8.99. The average Bonchev–Trinajstić information content (AvgIpc) is 2.28. The summed E-state index contributed by atoms with van der Waals surface area (Å²) < 4.78 is 4.57. The lowest BCUT2D eigenvalue weighted by atomic mass is 10.0. The highest BCUT2D eigenvalue weighted by Gasteiger charge is 1.98. The molecule has 2 nitrogen and oxygen atoms in total. The van der Waals surface area contributed by atoms with Gasteiger partial charge in [0.15, 0.2) is 0 Å². The van der Waals surface area contributed by atoms with Crippen LogP contribution in [-0.4, -0.2) is 13.1 Å². The summed E-state index contributed by atoms with van der Waals surface area (Å²) in [5.74, 6) is 0.372. The molecule has 1 unspecified atom stereocenters. The zero-order valence-corrected chi connectivity index (χ0v) is 12.3. The highest BCUT2D eigenvalue weighted by atomic mass is 16.5. The first-order valence-corrected chi connectivity index (χ1v) is 6.51. The minimum Gasteiger partial charge on any atom is -0.466 e.